The van der Waals surface area contributed by atoms with E-state index in [1.54, 1.807) is 14.2 Å². The third-order valence-electron chi connectivity index (χ3n) is 4.58. The number of likely N-dealkylation sites (tertiary alicyclic amines) is 1. The van der Waals surface area contributed by atoms with Gasteiger partial charge in [0.2, 0.25) is 5.91 Å². The van der Waals surface area contributed by atoms with Crippen molar-refractivity contribution in [2.45, 2.75) is 31.4 Å². The number of carbonyl (C=O) groups excluding carboxylic acids is 1. The van der Waals surface area contributed by atoms with E-state index in [1.807, 2.05) is 0 Å². The van der Waals surface area contributed by atoms with Crippen LogP contribution in [0, 0.1) is 5.41 Å². The Morgan fingerprint density at radius 1 is 1.33 bits per heavy atom. The molecule has 2 saturated heterocycles. The number of nitrogens with zero attached hydrogens (tertiary/aromatic N) is 1. The maximum absolute atomic E-state index is 13.0. The number of carboxylic acid groups (broad SMARTS) is 1. The van der Waals surface area contributed by atoms with Crippen molar-refractivity contribution in [2.75, 3.05) is 40.5 Å². The molecule has 7 nitrogen and oxygen atoms in total. The van der Waals surface area contributed by atoms with E-state index in [2.05, 4.69) is 5.32 Å². The van der Waals surface area contributed by atoms with Gasteiger partial charge in [-0.1, -0.05) is 0 Å². The lowest BCUT2D eigenvalue weighted by Gasteiger charge is -2.39. The van der Waals surface area contributed by atoms with Gasteiger partial charge in [-0.2, -0.15) is 0 Å². The van der Waals surface area contributed by atoms with Gasteiger partial charge in [-0.3, -0.25) is 4.79 Å². The molecule has 2 aliphatic rings. The average molecular weight is 300 g/mol. The number of hydrogen-bond acceptors (Lipinski definition) is 5. The van der Waals surface area contributed by atoms with Gasteiger partial charge in [0.15, 0.2) is 0 Å². The van der Waals surface area contributed by atoms with Crippen LogP contribution in [0.5, 0.6) is 0 Å². The second-order valence-corrected chi connectivity index (χ2v) is 5.87. The van der Waals surface area contributed by atoms with Crippen molar-refractivity contribution in [3.05, 3.63) is 0 Å². The van der Waals surface area contributed by atoms with Crippen LogP contribution in [0.1, 0.15) is 19.3 Å². The summed E-state index contributed by atoms with van der Waals surface area (Å²) in [5, 5.41) is 12.6. The zero-order valence-electron chi connectivity index (χ0n) is 12.6. The number of carbonyl (C=O) groups is 2. The molecular formula is C14H24N2O5. The third-order valence-corrected chi connectivity index (χ3v) is 4.58. The predicted octanol–water partition coefficient (Wildman–Crippen LogP) is -0.297. The first-order valence-corrected chi connectivity index (χ1v) is 7.30. The van der Waals surface area contributed by atoms with E-state index in [-0.39, 0.29) is 12.0 Å². The summed E-state index contributed by atoms with van der Waals surface area (Å²) < 4.78 is 10.5. The molecule has 2 heterocycles. The van der Waals surface area contributed by atoms with E-state index in [9.17, 15) is 14.7 Å². The molecular weight excluding hydrogens is 276 g/mol. The molecule has 2 aliphatic heterocycles. The van der Waals surface area contributed by atoms with E-state index in [0.29, 0.717) is 32.4 Å². The molecule has 0 aromatic heterocycles. The summed E-state index contributed by atoms with van der Waals surface area (Å²) in [6.45, 7) is 2.15. The molecule has 0 aromatic rings. The molecule has 2 rings (SSSR count). The molecule has 0 bridgehead atoms. The number of carboxylic acids is 1. The SMILES string of the molecule is COCC1(C(=O)N2CC(OC)CC2C(=O)O)CCNCC1. The lowest BCUT2D eigenvalue weighted by atomic mass is 9.78. The molecule has 2 N–H and O–H groups in total. The molecule has 0 radical (unpaired) electrons. The number of hydrogen-bond donors (Lipinski definition) is 2. The van der Waals surface area contributed by atoms with Gasteiger partial charge in [0, 0.05) is 27.2 Å². The molecule has 1 amide bonds. The highest BCUT2D eigenvalue weighted by Gasteiger charge is 2.48. The number of amides is 1. The standard InChI is InChI=1S/C14H24N2O5/c1-20-9-14(3-5-15-6-4-14)13(19)16-8-10(21-2)7-11(16)12(17)18/h10-11,15H,3-9H2,1-2H3,(H,17,18). The summed E-state index contributed by atoms with van der Waals surface area (Å²) in [7, 11) is 3.13. The lowest BCUT2D eigenvalue weighted by molar-refractivity contribution is -0.156. The number of piperidine rings is 1. The molecule has 0 aliphatic carbocycles. The van der Waals surface area contributed by atoms with Crippen LogP contribution in [-0.2, 0) is 19.1 Å². The molecule has 0 spiro atoms. The topological polar surface area (TPSA) is 88.1 Å². The van der Waals surface area contributed by atoms with Gasteiger partial charge in [0.25, 0.3) is 0 Å². The fourth-order valence-electron chi connectivity index (χ4n) is 3.33. The van der Waals surface area contributed by atoms with Crippen LogP contribution < -0.4 is 5.32 Å². The summed E-state index contributed by atoms with van der Waals surface area (Å²) in [5.41, 5.74) is -0.615. The largest absolute Gasteiger partial charge is 0.480 e. The number of rotatable bonds is 5. The van der Waals surface area contributed by atoms with E-state index in [4.69, 9.17) is 9.47 Å². The van der Waals surface area contributed by atoms with Crippen molar-refractivity contribution in [3.63, 3.8) is 0 Å². The average Bonchev–Trinajstić information content (AvgIpc) is 2.92. The van der Waals surface area contributed by atoms with Crippen molar-refractivity contribution >= 4 is 11.9 Å². The highest BCUT2D eigenvalue weighted by molar-refractivity contribution is 5.88. The van der Waals surface area contributed by atoms with Crippen molar-refractivity contribution in [1.82, 2.24) is 10.2 Å². The molecule has 21 heavy (non-hydrogen) atoms. The van der Waals surface area contributed by atoms with Crippen molar-refractivity contribution in [2.24, 2.45) is 5.41 Å². The van der Waals surface area contributed by atoms with E-state index in [1.165, 1.54) is 4.90 Å². The second-order valence-electron chi connectivity index (χ2n) is 5.87. The number of methoxy groups -OCH3 is 2. The molecule has 0 saturated carbocycles. The highest BCUT2D eigenvalue weighted by atomic mass is 16.5. The molecule has 2 fully saturated rings. The Labute approximate surface area is 124 Å². The van der Waals surface area contributed by atoms with Gasteiger partial charge < -0.3 is 24.8 Å². The fraction of sp³-hybridized carbons (Fsp3) is 0.857. The Balaban J connectivity index is 2.20. The van der Waals surface area contributed by atoms with E-state index in [0.717, 1.165) is 13.1 Å². The van der Waals surface area contributed by atoms with E-state index >= 15 is 0 Å². The Kier molecular flexibility index (Phi) is 5.18. The maximum atomic E-state index is 13.0. The van der Waals surface area contributed by atoms with Gasteiger partial charge >= 0.3 is 5.97 Å². The number of ether oxygens (including phenoxy) is 2. The van der Waals surface area contributed by atoms with Crippen LogP contribution in [0.2, 0.25) is 0 Å². The zero-order chi connectivity index (χ0) is 15.5. The Bertz CT molecular complexity index is 389. The third kappa shape index (κ3) is 3.20. The number of aliphatic carboxylic acids is 1. The van der Waals surface area contributed by atoms with Crippen molar-refractivity contribution < 1.29 is 24.2 Å². The zero-order valence-corrected chi connectivity index (χ0v) is 12.6. The first kappa shape index (κ1) is 16.2. The summed E-state index contributed by atoms with van der Waals surface area (Å²) >= 11 is 0. The summed E-state index contributed by atoms with van der Waals surface area (Å²) in [5.74, 6) is -1.08. The van der Waals surface area contributed by atoms with Crippen LogP contribution in [0.4, 0.5) is 0 Å². The molecule has 7 heteroatoms. The monoisotopic (exact) mass is 300 g/mol. The summed E-state index contributed by atoms with van der Waals surface area (Å²) in [6.07, 6.45) is 1.47. The summed E-state index contributed by atoms with van der Waals surface area (Å²) in [4.78, 5) is 25.9. The molecule has 0 aromatic carbocycles. The summed E-state index contributed by atoms with van der Waals surface area (Å²) in [6, 6.07) is -0.800. The Morgan fingerprint density at radius 2 is 2.00 bits per heavy atom. The number of nitrogens with one attached hydrogen (secondary N) is 1. The van der Waals surface area contributed by atoms with Crippen molar-refractivity contribution in [3.8, 4) is 0 Å². The van der Waals surface area contributed by atoms with Crippen LogP contribution in [0.3, 0.4) is 0 Å². The Morgan fingerprint density at radius 3 is 2.52 bits per heavy atom. The molecule has 2 atom stereocenters. The van der Waals surface area contributed by atoms with Gasteiger partial charge in [-0.15, -0.1) is 0 Å². The second kappa shape index (κ2) is 6.72. The lowest BCUT2D eigenvalue weighted by Crippen LogP contribution is -2.54. The smallest absolute Gasteiger partial charge is 0.326 e. The minimum absolute atomic E-state index is 0.113. The van der Waals surface area contributed by atoms with Crippen LogP contribution >= 0.6 is 0 Å². The van der Waals surface area contributed by atoms with Gasteiger partial charge in [0.1, 0.15) is 6.04 Å². The van der Waals surface area contributed by atoms with Gasteiger partial charge in [-0.25, -0.2) is 4.79 Å². The van der Waals surface area contributed by atoms with Gasteiger partial charge in [0.05, 0.1) is 18.1 Å². The molecule has 120 valence electrons. The van der Waals surface area contributed by atoms with Crippen LogP contribution in [-0.4, -0.2) is 74.5 Å². The molecule has 2 unspecified atom stereocenters. The van der Waals surface area contributed by atoms with Crippen LogP contribution in [0.25, 0.3) is 0 Å². The van der Waals surface area contributed by atoms with Gasteiger partial charge in [-0.05, 0) is 25.9 Å². The Hall–Kier alpha value is -1.18. The van der Waals surface area contributed by atoms with E-state index < -0.39 is 17.4 Å². The maximum Gasteiger partial charge on any atom is 0.326 e. The van der Waals surface area contributed by atoms with Crippen molar-refractivity contribution in [1.29, 1.82) is 0 Å². The first-order chi connectivity index (χ1) is 10.0. The fourth-order valence-corrected chi connectivity index (χ4v) is 3.33. The van der Waals surface area contributed by atoms with Crippen LogP contribution in [0.15, 0.2) is 0 Å². The quantitative estimate of drug-likeness (QED) is 0.725. The highest BCUT2D eigenvalue weighted by Crippen LogP contribution is 2.34. The first-order valence-electron chi connectivity index (χ1n) is 7.30. The minimum Gasteiger partial charge on any atom is -0.480 e. The normalized spacial score (nSPS) is 28.6. The minimum atomic E-state index is -0.968. The predicted molar refractivity (Wildman–Crippen MR) is 75.0 cm³/mol.